The minimum atomic E-state index is -0.204. The number of benzene rings is 2. The Morgan fingerprint density at radius 3 is 2.38 bits per heavy atom. The number of halogens is 1. The van der Waals surface area contributed by atoms with Gasteiger partial charge in [-0.15, -0.1) is 0 Å². The smallest absolute Gasteiger partial charge is 0.146 e. The van der Waals surface area contributed by atoms with E-state index in [0.29, 0.717) is 12.2 Å². The summed E-state index contributed by atoms with van der Waals surface area (Å²) in [5, 5.41) is 3.27. The average Bonchev–Trinajstić information content (AvgIpc) is 2.53. The van der Waals surface area contributed by atoms with Crippen molar-refractivity contribution in [3.63, 3.8) is 0 Å². The lowest BCUT2D eigenvalue weighted by atomic mass is 10.1. The third-order valence-corrected chi connectivity index (χ3v) is 3.59. The molecule has 0 saturated carbocycles. The molecular formula is C17H21FN2O. The Hall–Kier alpha value is -2.07. The lowest BCUT2D eigenvalue weighted by molar-refractivity contribution is 0.414. The standard InChI is InChI=1S/C17H21FN2O/c1-19-16(13-8-10-14(21-3)11-9-13)12-20(2)17-7-5-4-6-15(17)18/h4-11,16,19H,12H2,1-3H3. The lowest BCUT2D eigenvalue weighted by Crippen LogP contribution is -2.31. The quantitative estimate of drug-likeness (QED) is 0.883. The van der Waals surface area contributed by atoms with Crippen LogP contribution in [0.25, 0.3) is 0 Å². The Labute approximate surface area is 125 Å². The second-order valence-corrected chi connectivity index (χ2v) is 4.95. The summed E-state index contributed by atoms with van der Waals surface area (Å²) in [5.41, 5.74) is 1.74. The number of anilines is 1. The van der Waals surface area contributed by atoms with Gasteiger partial charge in [-0.3, -0.25) is 0 Å². The van der Waals surface area contributed by atoms with Crippen molar-refractivity contribution >= 4 is 5.69 Å². The Morgan fingerprint density at radius 1 is 1.14 bits per heavy atom. The molecule has 1 N–H and O–H groups in total. The van der Waals surface area contributed by atoms with Crippen LogP contribution in [0.1, 0.15) is 11.6 Å². The van der Waals surface area contributed by atoms with E-state index in [1.165, 1.54) is 6.07 Å². The van der Waals surface area contributed by atoms with E-state index in [0.717, 1.165) is 11.3 Å². The van der Waals surface area contributed by atoms with Gasteiger partial charge in [0.2, 0.25) is 0 Å². The van der Waals surface area contributed by atoms with Crippen LogP contribution in [-0.2, 0) is 0 Å². The fourth-order valence-corrected chi connectivity index (χ4v) is 2.33. The van der Waals surface area contributed by atoms with Crippen molar-refractivity contribution in [2.45, 2.75) is 6.04 Å². The molecule has 2 aromatic rings. The molecule has 0 aliphatic carbocycles. The van der Waals surface area contributed by atoms with Crippen LogP contribution in [-0.4, -0.2) is 27.7 Å². The number of likely N-dealkylation sites (N-methyl/N-ethyl adjacent to an activating group) is 2. The summed E-state index contributed by atoms with van der Waals surface area (Å²) in [4.78, 5) is 1.92. The van der Waals surface area contributed by atoms with Crippen molar-refractivity contribution in [3.05, 3.63) is 59.9 Å². The predicted octanol–water partition coefficient (Wildman–Crippen LogP) is 3.23. The zero-order valence-electron chi connectivity index (χ0n) is 12.6. The van der Waals surface area contributed by atoms with E-state index >= 15 is 0 Å². The molecule has 0 aliphatic rings. The van der Waals surface area contributed by atoms with Crippen molar-refractivity contribution in [1.29, 1.82) is 0 Å². The topological polar surface area (TPSA) is 24.5 Å². The third-order valence-electron chi connectivity index (χ3n) is 3.59. The highest BCUT2D eigenvalue weighted by Gasteiger charge is 2.14. The third kappa shape index (κ3) is 3.73. The Kier molecular flexibility index (Phi) is 5.17. The number of nitrogens with zero attached hydrogens (tertiary/aromatic N) is 1. The van der Waals surface area contributed by atoms with Gasteiger partial charge in [0.15, 0.2) is 0 Å². The maximum Gasteiger partial charge on any atom is 0.146 e. The first-order valence-electron chi connectivity index (χ1n) is 6.92. The molecule has 0 heterocycles. The summed E-state index contributed by atoms with van der Waals surface area (Å²) >= 11 is 0. The first-order chi connectivity index (χ1) is 10.2. The highest BCUT2D eigenvalue weighted by molar-refractivity contribution is 5.47. The maximum absolute atomic E-state index is 13.8. The van der Waals surface area contributed by atoms with E-state index in [1.54, 1.807) is 19.2 Å². The van der Waals surface area contributed by atoms with Gasteiger partial charge < -0.3 is 15.0 Å². The zero-order valence-corrected chi connectivity index (χ0v) is 12.6. The fraction of sp³-hybridized carbons (Fsp3) is 0.294. The van der Waals surface area contributed by atoms with Gasteiger partial charge in [-0.2, -0.15) is 0 Å². The minimum Gasteiger partial charge on any atom is -0.497 e. The molecule has 21 heavy (non-hydrogen) atoms. The van der Waals surface area contributed by atoms with E-state index in [9.17, 15) is 4.39 Å². The molecule has 3 nitrogen and oxygen atoms in total. The SMILES string of the molecule is CNC(CN(C)c1ccccc1F)c1ccc(OC)cc1. The van der Waals surface area contributed by atoms with Crippen LogP contribution in [0.15, 0.2) is 48.5 Å². The lowest BCUT2D eigenvalue weighted by Gasteiger charge is -2.26. The molecule has 2 aromatic carbocycles. The first-order valence-corrected chi connectivity index (χ1v) is 6.92. The monoisotopic (exact) mass is 288 g/mol. The van der Waals surface area contributed by atoms with Crippen molar-refractivity contribution in [2.75, 3.05) is 32.6 Å². The molecular weight excluding hydrogens is 267 g/mol. The zero-order chi connectivity index (χ0) is 15.2. The molecule has 0 aromatic heterocycles. The highest BCUT2D eigenvalue weighted by Crippen LogP contribution is 2.22. The molecule has 0 bridgehead atoms. The van der Waals surface area contributed by atoms with Crippen molar-refractivity contribution in [1.82, 2.24) is 5.32 Å². The van der Waals surface area contributed by atoms with E-state index in [1.807, 2.05) is 49.3 Å². The van der Waals surface area contributed by atoms with Gasteiger partial charge in [-0.25, -0.2) is 4.39 Å². The number of hydrogen-bond acceptors (Lipinski definition) is 3. The van der Waals surface area contributed by atoms with E-state index < -0.39 is 0 Å². The number of nitrogens with one attached hydrogen (secondary N) is 1. The molecule has 4 heteroatoms. The van der Waals surface area contributed by atoms with Crippen LogP contribution in [0.5, 0.6) is 5.75 Å². The molecule has 0 fully saturated rings. The normalized spacial score (nSPS) is 12.0. The van der Waals surface area contributed by atoms with Gasteiger partial charge in [0.05, 0.1) is 12.8 Å². The molecule has 2 rings (SSSR count). The van der Waals surface area contributed by atoms with Gasteiger partial charge in [0.25, 0.3) is 0 Å². The molecule has 0 radical (unpaired) electrons. The van der Waals surface area contributed by atoms with Gasteiger partial charge in [-0.05, 0) is 36.9 Å². The molecule has 0 saturated heterocycles. The van der Waals surface area contributed by atoms with Crippen molar-refractivity contribution in [3.8, 4) is 5.75 Å². The maximum atomic E-state index is 13.8. The van der Waals surface area contributed by atoms with Crippen LogP contribution in [0, 0.1) is 5.82 Å². The summed E-state index contributed by atoms with van der Waals surface area (Å²) in [6, 6.07) is 14.8. The van der Waals surface area contributed by atoms with Crippen LogP contribution in [0.3, 0.4) is 0 Å². The van der Waals surface area contributed by atoms with Gasteiger partial charge in [0, 0.05) is 19.6 Å². The summed E-state index contributed by atoms with van der Waals surface area (Å²) in [6.07, 6.45) is 0. The molecule has 0 spiro atoms. The number of rotatable bonds is 6. The number of hydrogen-bond donors (Lipinski definition) is 1. The van der Waals surface area contributed by atoms with Crippen LogP contribution < -0.4 is 15.0 Å². The molecule has 112 valence electrons. The van der Waals surface area contributed by atoms with E-state index in [-0.39, 0.29) is 11.9 Å². The number of para-hydroxylation sites is 1. The minimum absolute atomic E-state index is 0.112. The molecule has 0 amide bonds. The van der Waals surface area contributed by atoms with Gasteiger partial charge in [-0.1, -0.05) is 24.3 Å². The fourth-order valence-electron chi connectivity index (χ4n) is 2.33. The van der Waals surface area contributed by atoms with Gasteiger partial charge in [0.1, 0.15) is 11.6 Å². The second kappa shape index (κ2) is 7.09. The summed E-state index contributed by atoms with van der Waals surface area (Å²) in [5.74, 6) is 0.626. The average molecular weight is 288 g/mol. The van der Waals surface area contributed by atoms with Gasteiger partial charge >= 0.3 is 0 Å². The Morgan fingerprint density at radius 2 is 1.81 bits per heavy atom. The van der Waals surface area contributed by atoms with Crippen LogP contribution >= 0.6 is 0 Å². The largest absolute Gasteiger partial charge is 0.497 e. The number of ether oxygens (including phenoxy) is 1. The Bertz CT molecular complexity index is 571. The summed E-state index contributed by atoms with van der Waals surface area (Å²) < 4.78 is 19.0. The van der Waals surface area contributed by atoms with Crippen LogP contribution in [0.4, 0.5) is 10.1 Å². The first kappa shape index (κ1) is 15.3. The predicted molar refractivity (Wildman–Crippen MR) is 84.5 cm³/mol. The molecule has 1 atom stereocenters. The second-order valence-electron chi connectivity index (χ2n) is 4.95. The summed E-state index contributed by atoms with van der Waals surface area (Å²) in [6.45, 7) is 0.670. The van der Waals surface area contributed by atoms with Crippen LogP contribution in [0.2, 0.25) is 0 Å². The highest BCUT2D eigenvalue weighted by atomic mass is 19.1. The number of methoxy groups -OCH3 is 1. The molecule has 0 aliphatic heterocycles. The molecule has 1 unspecified atom stereocenters. The Balaban J connectivity index is 2.13. The van der Waals surface area contributed by atoms with Crippen molar-refractivity contribution < 1.29 is 9.13 Å². The summed E-state index contributed by atoms with van der Waals surface area (Å²) in [7, 11) is 5.45. The van der Waals surface area contributed by atoms with E-state index in [2.05, 4.69) is 5.32 Å². The van der Waals surface area contributed by atoms with Crippen molar-refractivity contribution in [2.24, 2.45) is 0 Å². The van der Waals surface area contributed by atoms with E-state index in [4.69, 9.17) is 4.74 Å².